The lowest BCUT2D eigenvalue weighted by atomic mass is 10.2. The average molecular weight is 311 g/mol. The Hall–Kier alpha value is -2.28. The summed E-state index contributed by atoms with van der Waals surface area (Å²) in [7, 11) is 0. The summed E-state index contributed by atoms with van der Waals surface area (Å²) < 4.78 is 14.3. The molecule has 1 N–H and O–H groups in total. The van der Waals surface area contributed by atoms with Crippen LogP contribution in [0.15, 0.2) is 18.2 Å². The van der Waals surface area contributed by atoms with Crippen molar-refractivity contribution >= 4 is 29.0 Å². The molecule has 1 heterocycles. The highest BCUT2D eigenvalue weighted by Crippen LogP contribution is 2.19. The van der Waals surface area contributed by atoms with E-state index in [2.05, 4.69) is 15.6 Å². The number of anilines is 1. The predicted octanol–water partition coefficient (Wildman–Crippen LogP) is 2.22. The summed E-state index contributed by atoms with van der Waals surface area (Å²) in [6.45, 7) is 2.92. The number of carbonyl (C=O) groups excluding carboxylic acids is 2. The second-order valence-electron chi connectivity index (χ2n) is 4.41. The average Bonchev–Trinajstić information content (AvgIpc) is 2.75. The third-order valence-electron chi connectivity index (χ3n) is 2.81. The maximum Gasteiger partial charge on any atom is 0.246 e. The Balaban J connectivity index is 2.08. The maximum absolute atomic E-state index is 13.0. The van der Waals surface area contributed by atoms with E-state index in [0.717, 1.165) is 6.07 Å². The summed E-state index contributed by atoms with van der Waals surface area (Å²) in [5, 5.41) is 9.94. The van der Waals surface area contributed by atoms with Crippen molar-refractivity contribution in [1.82, 2.24) is 15.0 Å². The highest BCUT2D eigenvalue weighted by molar-refractivity contribution is 6.31. The fourth-order valence-electron chi connectivity index (χ4n) is 1.75. The number of halogens is 2. The number of rotatable bonds is 4. The van der Waals surface area contributed by atoms with Crippen LogP contribution in [0, 0.1) is 12.7 Å². The number of aromatic nitrogens is 3. The summed E-state index contributed by atoms with van der Waals surface area (Å²) in [6.07, 6.45) is 0. The number of benzene rings is 1. The zero-order valence-electron chi connectivity index (χ0n) is 11.4. The van der Waals surface area contributed by atoms with Crippen molar-refractivity contribution in [3.05, 3.63) is 40.4 Å². The third kappa shape index (κ3) is 3.43. The van der Waals surface area contributed by atoms with Crippen LogP contribution in [-0.4, -0.2) is 26.7 Å². The molecule has 6 nitrogen and oxygen atoms in total. The predicted molar refractivity (Wildman–Crippen MR) is 74.8 cm³/mol. The number of nitrogens with one attached hydrogen (secondary N) is 1. The zero-order chi connectivity index (χ0) is 15.6. The lowest BCUT2D eigenvalue weighted by Gasteiger charge is -2.07. The number of Topliss-reactive ketones (excluding diaryl/α,β-unsaturated/α-hetero) is 1. The van der Waals surface area contributed by atoms with Gasteiger partial charge in [-0.25, -0.2) is 9.07 Å². The first-order valence-electron chi connectivity index (χ1n) is 6.04. The molecule has 1 aromatic heterocycles. The highest BCUT2D eigenvalue weighted by atomic mass is 35.5. The van der Waals surface area contributed by atoms with Crippen molar-refractivity contribution in [2.24, 2.45) is 0 Å². The van der Waals surface area contributed by atoms with Crippen molar-refractivity contribution in [2.45, 2.75) is 20.4 Å². The normalized spacial score (nSPS) is 10.5. The first kappa shape index (κ1) is 15.1. The summed E-state index contributed by atoms with van der Waals surface area (Å²) in [6, 6.07) is 3.87. The maximum atomic E-state index is 13.0. The van der Waals surface area contributed by atoms with Crippen molar-refractivity contribution in [2.75, 3.05) is 5.32 Å². The molecular formula is C13H12ClFN4O2. The summed E-state index contributed by atoms with van der Waals surface area (Å²) in [5.41, 5.74) is 1.11. The van der Waals surface area contributed by atoms with Crippen LogP contribution in [0.4, 0.5) is 10.1 Å². The van der Waals surface area contributed by atoms with Crippen molar-refractivity contribution in [1.29, 1.82) is 0 Å². The minimum Gasteiger partial charge on any atom is -0.324 e. The number of ketones is 1. The monoisotopic (exact) mass is 310 g/mol. The molecular weight excluding hydrogens is 299 g/mol. The molecule has 0 aliphatic rings. The summed E-state index contributed by atoms with van der Waals surface area (Å²) in [5.74, 6) is -1.17. The summed E-state index contributed by atoms with van der Waals surface area (Å²) in [4.78, 5) is 23.1. The first-order valence-corrected chi connectivity index (χ1v) is 6.42. The van der Waals surface area contributed by atoms with E-state index in [0.29, 0.717) is 11.4 Å². The van der Waals surface area contributed by atoms with E-state index < -0.39 is 5.82 Å². The van der Waals surface area contributed by atoms with E-state index in [4.69, 9.17) is 11.6 Å². The highest BCUT2D eigenvalue weighted by Gasteiger charge is 2.14. The Labute approximate surface area is 124 Å². The molecule has 0 atom stereocenters. The van der Waals surface area contributed by atoms with E-state index in [1.54, 1.807) is 6.92 Å². The van der Waals surface area contributed by atoms with Gasteiger partial charge in [-0.3, -0.25) is 9.59 Å². The van der Waals surface area contributed by atoms with E-state index in [1.165, 1.54) is 23.7 Å². The molecule has 0 aliphatic carbocycles. The molecule has 0 saturated carbocycles. The van der Waals surface area contributed by atoms with Crippen LogP contribution in [-0.2, 0) is 11.3 Å². The van der Waals surface area contributed by atoms with Crippen LogP contribution in [0.2, 0.25) is 5.02 Å². The largest absolute Gasteiger partial charge is 0.324 e. The Morgan fingerprint density at radius 2 is 2.14 bits per heavy atom. The molecule has 2 rings (SSSR count). The van der Waals surface area contributed by atoms with Gasteiger partial charge in [0.2, 0.25) is 5.91 Å². The topological polar surface area (TPSA) is 76.9 Å². The SMILES string of the molecule is CC(=O)c1nnn(CC(=O)Nc2ccc(F)c(Cl)c2)c1C. The summed E-state index contributed by atoms with van der Waals surface area (Å²) >= 11 is 5.63. The molecule has 0 unspecified atom stereocenters. The quantitative estimate of drug-likeness (QED) is 0.878. The van der Waals surface area contributed by atoms with Gasteiger partial charge in [0.1, 0.15) is 12.4 Å². The van der Waals surface area contributed by atoms with Crippen molar-refractivity contribution in [3.63, 3.8) is 0 Å². The molecule has 8 heteroatoms. The minimum atomic E-state index is -0.562. The van der Waals surface area contributed by atoms with E-state index in [-0.39, 0.29) is 29.0 Å². The second kappa shape index (κ2) is 6.01. The number of hydrogen-bond donors (Lipinski definition) is 1. The second-order valence-corrected chi connectivity index (χ2v) is 4.82. The van der Waals surface area contributed by atoms with Crippen molar-refractivity contribution in [3.8, 4) is 0 Å². The first-order chi connectivity index (χ1) is 9.88. The van der Waals surface area contributed by atoms with Crippen LogP contribution in [0.25, 0.3) is 0 Å². The van der Waals surface area contributed by atoms with Crippen molar-refractivity contribution < 1.29 is 14.0 Å². The fraction of sp³-hybridized carbons (Fsp3) is 0.231. The third-order valence-corrected chi connectivity index (χ3v) is 3.10. The Morgan fingerprint density at radius 3 is 2.71 bits per heavy atom. The smallest absolute Gasteiger partial charge is 0.246 e. The molecule has 2 aromatic rings. The zero-order valence-corrected chi connectivity index (χ0v) is 12.1. The van der Waals surface area contributed by atoms with Gasteiger partial charge in [-0.15, -0.1) is 5.10 Å². The van der Waals surface area contributed by atoms with E-state index in [1.807, 2.05) is 0 Å². The lowest BCUT2D eigenvalue weighted by molar-refractivity contribution is -0.117. The van der Waals surface area contributed by atoms with Crippen LogP contribution < -0.4 is 5.32 Å². The Morgan fingerprint density at radius 1 is 1.43 bits per heavy atom. The molecule has 0 fully saturated rings. The Kier molecular flexibility index (Phi) is 4.32. The number of nitrogens with zero attached hydrogens (tertiary/aromatic N) is 3. The van der Waals surface area contributed by atoms with Gasteiger partial charge >= 0.3 is 0 Å². The standard InChI is InChI=1S/C13H12ClFN4O2/c1-7-13(8(2)20)17-18-19(7)6-12(21)16-9-3-4-11(15)10(14)5-9/h3-5H,6H2,1-2H3,(H,16,21). The fourth-order valence-corrected chi connectivity index (χ4v) is 1.93. The molecule has 0 radical (unpaired) electrons. The van der Waals surface area contributed by atoms with Gasteiger partial charge in [0.25, 0.3) is 0 Å². The van der Waals surface area contributed by atoms with Gasteiger partial charge in [0, 0.05) is 12.6 Å². The molecule has 1 amide bonds. The molecule has 1 aromatic carbocycles. The van der Waals surface area contributed by atoms with Gasteiger partial charge in [0.15, 0.2) is 11.5 Å². The van der Waals surface area contributed by atoms with Crippen LogP contribution in [0.3, 0.4) is 0 Å². The molecule has 21 heavy (non-hydrogen) atoms. The molecule has 0 aliphatic heterocycles. The van der Waals surface area contributed by atoms with Crippen LogP contribution in [0.5, 0.6) is 0 Å². The van der Waals surface area contributed by atoms with Crippen LogP contribution in [0.1, 0.15) is 23.1 Å². The van der Waals surface area contributed by atoms with Gasteiger partial charge in [-0.1, -0.05) is 16.8 Å². The van der Waals surface area contributed by atoms with Crippen LogP contribution >= 0.6 is 11.6 Å². The number of hydrogen-bond acceptors (Lipinski definition) is 4. The molecule has 110 valence electrons. The number of amides is 1. The molecule has 0 bridgehead atoms. The number of carbonyl (C=O) groups is 2. The van der Waals surface area contributed by atoms with Gasteiger partial charge in [-0.05, 0) is 25.1 Å². The van der Waals surface area contributed by atoms with Gasteiger partial charge in [-0.2, -0.15) is 0 Å². The van der Waals surface area contributed by atoms with E-state index >= 15 is 0 Å². The van der Waals surface area contributed by atoms with Gasteiger partial charge in [0.05, 0.1) is 10.7 Å². The minimum absolute atomic E-state index is 0.0800. The molecule has 0 saturated heterocycles. The molecule has 0 spiro atoms. The lowest BCUT2D eigenvalue weighted by Crippen LogP contribution is -2.20. The van der Waals surface area contributed by atoms with Gasteiger partial charge < -0.3 is 5.32 Å². The Bertz CT molecular complexity index is 714. The van der Waals surface area contributed by atoms with E-state index in [9.17, 15) is 14.0 Å².